The van der Waals surface area contributed by atoms with E-state index in [0.717, 1.165) is 30.6 Å². The van der Waals surface area contributed by atoms with E-state index < -0.39 is 0 Å². The zero-order valence-corrected chi connectivity index (χ0v) is 11.7. The molecule has 0 radical (unpaired) electrons. The van der Waals surface area contributed by atoms with E-state index in [1.807, 2.05) is 6.92 Å². The number of halogens is 1. The maximum Gasteiger partial charge on any atom is 0.129 e. The highest BCUT2D eigenvalue weighted by Crippen LogP contribution is 2.25. The van der Waals surface area contributed by atoms with Crippen LogP contribution in [0.15, 0.2) is 12.1 Å². The predicted molar refractivity (Wildman–Crippen MR) is 75.3 cm³/mol. The van der Waals surface area contributed by atoms with Crippen LogP contribution in [-0.4, -0.2) is 42.1 Å². The third-order valence-corrected chi connectivity index (χ3v) is 4.37. The molecule has 0 spiro atoms. The summed E-state index contributed by atoms with van der Waals surface area (Å²) in [5.74, 6) is 1.68. The van der Waals surface area contributed by atoms with Crippen LogP contribution >= 0.6 is 11.6 Å². The molecule has 4 heteroatoms. The lowest BCUT2D eigenvalue weighted by Gasteiger charge is -2.38. The summed E-state index contributed by atoms with van der Waals surface area (Å²) >= 11 is 5.94. The molecule has 0 aromatic carbocycles. The van der Waals surface area contributed by atoms with E-state index in [0.29, 0.717) is 5.88 Å². The Morgan fingerprint density at radius 2 is 2.22 bits per heavy atom. The fourth-order valence-corrected chi connectivity index (χ4v) is 3.31. The van der Waals surface area contributed by atoms with E-state index in [1.54, 1.807) is 0 Å². The van der Waals surface area contributed by atoms with E-state index in [4.69, 9.17) is 11.6 Å². The fourth-order valence-electron chi connectivity index (χ4n) is 3.16. The summed E-state index contributed by atoms with van der Waals surface area (Å²) < 4.78 is 0. The molecular formula is C14H20ClN3. The molecule has 3 nitrogen and oxygen atoms in total. The van der Waals surface area contributed by atoms with Gasteiger partial charge in [0, 0.05) is 37.3 Å². The Bertz CT molecular complexity index is 435. The summed E-state index contributed by atoms with van der Waals surface area (Å²) in [5.41, 5.74) is 2.24. The van der Waals surface area contributed by atoms with Gasteiger partial charge in [0.15, 0.2) is 0 Å². The Morgan fingerprint density at radius 3 is 3.06 bits per heavy atom. The number of hydrogen-bond acceptors (Lipinski definition) is 3. The third-order valence-electron chi connectivity index (χ3n) is 4.07. The molecule has 0 saturated carbocycles. The van der Waals surface area contributed by atoms with Gasteiger partial charge in [-0.2, -0.15) is 0 Å². The molecule has 1 unspecified atom stereocenters. The number of piperazine rings is 1. The van der Waals surface area contributed by atoms with Crippen molar-refractivity contribution < 1.29 is 0 Å². The number of nitrogens with zero attached hydrogens (tertiary/aromatic N) is 3. The maximum atomic E-state index is 5.94. The second kappa shape index (κ2) is 5.06. The van der Waals surface area contributed by atoms with Crippen molar-refractivity contribution in [1.29, 1.82) is 0 Å². The van der Waals surface area contributed by atoms with Crippen molar-refractivity contribution in [3.63, 3.8) is 0 Å². The van der Waals surface area contributed by atoms with Crippen LogP contribution in [-0.2, 0) is 5.88 Å². The maximum absolute atomic E-state index is 5.94. The minimum absolute atomic E-state index is 0.569. The van der Waals surface area contributed by atoms with Gasteiger partial charge >= 0.3 is 0 Å². The number of aryl methyl sites for hydroxylation is 1. The summed E-state index contributed by atoms with van der Waals surface area (Å²) in [6, 6.07) is 4.95. The lowest BCUT2D eigenvalue weighted by molar-refractivity contribution is 0.230. The number of hydrogen-bond donors (Lipinski definition) is 0. The Labute approximate surface area is 114 Å². The average Bonchev–Trinajstić information content (AvgIpc) is 2.85. The molecule has 1 atom stereocenters. The molecule has 2 aliphatic heterocycles. The predicted octanol–water partition coefficient (Wildman–Crippen LogP) is 2.41. The quantitative estimate of drug-likeness (QED) is 0.766. The van der Waals surface area contributed by atoms with Crippen LogP contribution in [0.3, 0.4) is 0 Å². The molecule has 2 fully saturated rings. The number of anilines is 1. The summed E-state index contributed by atoms with van der Waals surface area (Å²) in [6.07, 6.45) is 2.69. The van der Waals surface area contributed by atoms with Crippen molar-refractivity contribution >= 4 is 17.4 Å². The van der Waals surface area contributed by atoms with Crippen molar-refractivity contribution in [2.75, 3.05) is 31.1 Å². The van der Waals surface area contributed by atoms with Gasteiger partial charge in [-0.3, -0.25) is 4.90 Å². The Balaban J connectivity index is 1.80. The van der Waals surface area contributed by atoms with Crippen molar-refractivity contribution in [3.8, 4) is 0 Å². The second-order valence-electron chi connectivity index (χ2n) is 5.39. The SMILES string of the molecule is Cc1cc(CCl)cc(N2CCN3CCCC3C2)n1. The third kappa shape index (κ3) is 2.34. The fraction of sp³-hybridized carbons (Fsp3) is 0.643. The van der Waals surface area contributed by atoms with Crippen molar-refractivity contribution in [2.24, 2.45) is 0 Å². The first-order chi connectivity index (χ1) is 8.76. The van der Waals surface area contributed by atoms with Gasteiger partial charge in [0.1, 0.15) is 5.82 Å². The van der Waals surface area contributed by atoms with Crippen LogP contribution in [0.4, 0.5) is 5.82 Å². The minimum atomic E-state index is 0.569. The molecule has 2 aliphatic rings. The Hall–Kier alpha value is -0.800. The average molecular weight is 266 g/mol. The van der Waals surface area contributed by atoms with E-state index in [9.17, 15) is 0 Å². The van der Waals surface area contributed by atoms with Gasteiger partial charge in [-0.15, -0.1) is 11.6 Å². The molecule has 3 heterocycles. The zero-order chi connectivity index (χ0) is 12.5. The molecule has 0 N–H and O–H groups in total. The van der Waals surface area contributed by atoms with Gasteiger partial charge in [0.2, 0.25) is 0 Å². The van der Waals surface area contributed by atoms with Crippen LogP contribution in [0.1, 0.15) is 24.1 Å². The van der Waals surface area contributed by atoms with Gasteiger partial charge in [-0.05, 0) is 44.0 Å². The first-order valence-corrected chi connectivity index (χ1v) is 7.32. The van der Waals surface area contributed by atoms with Gasteiger partial charge in [0.25, 0.3) is 0 Å². The standard InChI is InChI=1S/C14H20ClN3/c1-11-7-12(9-15)8-14(16-11)18-6-5-17-4-2-3-13(17)10-18/h7-8,13H,2-6,9-10H2,1H3. The van der Waals surface area contributed by atoms with Crippen LogP contribution < -0.4 is 4.90 Å². The lowest BCUT2D eigenvalue weighted by atomic mass is 10.1. The van der Waals surface area contributed by atoms with Crippen molar-refractivity contribution in [1.82, 2.24) is 9.88 Å². The van der Waals surface area contributed by atoms with Crippen LogP contribution in [0.2, 0.25) is 0 Å². The number of fused-ring (bicyclic) bond motifs is 1. The summed E-state index contributed by atoms with van der Waals surface area (Å²) in [7, 11) is 0. The number of pyridine rings is 1. The van der Waals surface area contributed by atoms with Crippen LogP contribution in [0.5, 0.6) is 0 Å². The molecule has 0 bridgehead atoms. The van der Waals surface area contributed by atoms with Gasteiger partial charge in [0.05, 0.1) is 0 Å². The first kappa shape index (κ1) is 12.2. The van der Waals surface area contributed by atoms with Crippen molar-refractivity contribution in [2.45, 2.75) is 31.7 Å². The monoisotopic (exact) mass is 265 g/mol. The molecule has 18 heavy (non-hydrogen) atoms. The minimum Gasteiger partial charge on any atom is -0.354 e. The molecule has 2 saturated heterocycles. The number of rotatable bonds is 2. The summed E-state index contributed by atoms with van der Waals surface area (Å²) in [5, 5.41) is 0. The second-order valence-corrected chi connectivity index (χ2v) is 5.65. The molecule has 3 rings (SSSR count). The molecule has 98 valence electrons. The molecular weight excluding hydrogens is 246 g/mol. The largest absolute Gasteiger partial charge is 0.354 e. The van der Waals surface area contributed by atoms with E-state index in [-0.39, 0.29) is 0 Å². The number of aromatic nitrogens is 1. The highest BCUT2D eigenvalue weighted by atomic mass is 35.5. The van der Waals surface area contributed by atoms with E-state index >= 15 is 0 Å². The first-order valence-electron chi connectivity index (χ1n) is 6.79. The lowest BCUT2D eigenvalue weighted by Crippen LogP contribution is -2.50. The Morgan fingerprint density at radius 1 is 1.33 bits per heavy atom. The summed E-state index contributed by atoms with van der Waals surface area (Å²) in [4.78, 5) is 9.71. The molecule has 0 amide bonds. The van der Waals surface area contributed by atoms with Gasteiger partial charge < -0.3 is 4.90 Å². The molecule has 0 aliphatic carbocycles. The highest BCUT2D eigenvalue weighted by molar-refractivity contribution is 6.17. The highest BCUT2D eigenvalue weighted by Gasteiger charge is 2.30. The van der Waals surface area contributed by atoms with E-state index in [1.165, 1.54) is 31.5 Å². The van der Waals surface area contributed by atoms with Crippen LogP contribution in [0.25, 0.3) is 0 Å². The Kier molecular flexibility index (Phi) is 3.44. The summed E-state index contributed by atoms with van der Waals surface area (Å²) in [6.45, 7) is 6.72. The van der Waals surface area contributed by atoms with Crippen LogP contribution in [0, 0.1) is 6.92 Å². The topological polar surface area (TPSA) is 19.4 Å². The normalized spacial score (nSPS) is 24.3. The molecule has 1 aromatic rings. The van der Waals surface area contributed by atoms with Gasteiger partial charge in [-0.25, -0.2) is 4.98 Å². The van der Waals surface area contributed by atoms with Gasteiger partial charge in [-0.1, -0.05) is 0 Å². The number of alkyl halides is 1. The molecule has 1 aromatic heterocycles. The van der Waals surface area contributed by atoms with Crippen molar-refractivity contribution in [3.05, 3.63) is 23.4 Å². The smallest absolute Gasteiger partial charge is 0.129 e. The zero-order valence-electron chi connectivity index (χ0n) is 10.9. The van der Waals surface area contributed by atoms with E-state index in [2.05, 4.69) is 26.9 Å².